The fourth-order valence-corrected chi connectivity index (χ4v) is 2.25. The van der Waals surface area contributed by atoms with Crippen LogP contribution in [-0.4, -0.2) is 13.7 Å². The molecule has 0 heterocycles. The number of hydrogen-bond acceptors (Lipinski definition) is 3. The molecular formula is C20H27NO2. The van der Waals surface area contributed by atoms with Crippen LogP contribution in [0.1, 0.15) is 30.5 Å². The van der Waals surface area contributed by atoms with Gasteiger partial charge in [-0.2, -0.15) is 0 Å². The van der Waals surface area contributed by atoms with Gasteiger partial charge in [0.1, 0.15) is 0 Å². The molecule has 23 heavy (non-hydrogen) atoms. The maximum atomic E-state index is 5.79. The number of nitrogens with one attached hydrogen (secondary N) is 1. The summed E-state index contributed by atoms with van der Waals surface area (Å²) < 4.78 is 11.2. The predicted octanol–water partition coefficient (Wildman–Crippen LogP) is 4.96. The Morgan fingerprint density at radius 3 is 2.39 bits per heavy atom. The van der Waals surface area contributed by atoms with Gasteiger partial charge in [0.2, 0.25) is 0 Å². The topological polar surface area (TPSA) is 30.5 Å². The van der Waals surface area contributed by atoms with E-state index < -0.39 is 0 Å². The lowest BCUT2D eigenvalue weighted by Crippen LogP contribution is -2.06. The highest BCUT2D eigenvalue weighted by Crippen LogP contribution is 2.29. The van der Waals surface area contributed by atoms with Crippen LogP contribution in [0.3, 0.4) is 0 Å². The third-order valence-corrected chi connectivity index (χ3v) is 3.80. The first kappa shape index (κ1) is 17.2. The van der Waals surface area contributed by atoms with E-state index in [0.29, 0.717) is 12.5 Å². The smallest absolute Gasteiger partial charge is 0.161 e. The van der Waals surface area contributed by atoms with E-state index >= 15 is 0 Å². The summed E-state index contributed by atoms with van der Waals surface area (Å²) in [5, 5.41) is 3.45. The van der Waals surface area contributed by atoms with Crippen LogP contribution in [0.25, 0.3) is 0 Å². The molecule has 3 heteroatoms. The highest BCUT2D eigenvalue weighted by Gasteiger charge is 2.07. The number of rotatable bonds is 7. The van der Waals surface area contributed by atoms with E-state index in [4.69, 9.17) is 9.47 Å². The molecule has 0 aromatic heterocycles. The molecule has 0 aliphatic carbocycles. The van der Waals surface area contributed by atoms with Gasteiger partial charge in [-0.1, -0.05) is 26.0 Å². The lowest BCUT2D eigenvalue weighted by molar-refractivity contribution is 0.257. The Morgan fingerprint density at radius 1 is 0.957 bits per heavy atom. The molecule has 0 saturated carbocycles. The number of methoxy groups -OCH3 is 1. The molecule has 0 spiro atoms. The van der Waals surface area contributed by atoms with Crippen molar-refractivity contribution in [2.24, 2.45) is 5.92 Å². The molecule has 3 nitrogen and oxygen atoms in total. The van der Waals surface area contributed by atoms with Gasteiger partial charge < -0.3 is 14.8 Å². The summed E-state index contributed by atoms with van der Waals surface area (Å²) in [4.78, 5) is 0. The lowest BCUT2D eigenvalue weighted by Gasteiger charge is -2.14. The standard InChI is InChI=1S/C20H27NO2/c1-14(2)13-23-19-9-7-17(11-20(19)22-5)12-21-18-8-6-15(3)16(4)10-18/h6-11,14,21H,12-13H2,1-5H3. The van der Waals surface area contributed by atoms with Crippen molar-refractivity contribution >= 4 is 5.69 Å². The van der Waals surface area contributed by atoms with Crippen molar-refractivity contribution in [2.45, 2.75) is 34.2 Å². The zero-order chi connectivity index (χ0) is 16.8. The van der Waals surface area contributed by atoms with Crippen LogP contribution in [-0.2, 0) is 6.54 Å². The van der Waals surface area contributed by atoms with E-state index in [1.54, 1.807) is 7.11 Å². The van der Waals surface area contributed by atoms with Crippen molar-refractivity contribution in [3.8, 4) is 11.5 Å². The van der Waals surface area contributed by atoms with Crippen molar-refractivity contribution in [1.82, 2.24) is 0 Å². The predicted molar refractivity (Wildman–Crippen MR) is 96.6 cm³/mol. The Kier molecular flexibility index (Phi) is 5.91. The third-order valence-electron chi connectivity index (χ3n) is 3.80. The van der Waals surface area contributed by atoms with Gasteiger partial charge in [0.25, 0.3) is 0 Å². The fourth-order valence-electron chi connectivity index (χ4n) is 2.25. The average molecular weight is 313 g/mol. The van der Waals surface area contributed by atoms with Gasteiger partial charge in [0, 0.05) is 12.2 Å². The molecule has 0 saturated heterocycles. The lowest BCUT2D eigenvalue weighted by atomic mass is 10.1. The van der Waals surface area contributed by atoms with E-state index in [1.165, 1.54) is 11.1 Å². The zero-order valence-corrected chi connectivity index (χ0v) is 14.8. The first-order valence-electron chi connectivity index (χ1n) is 8.10. The molecular weight excluding hydrogens is 286 g/mol. The highest BCUT2D eigenvalue weighted by molar-refractivity contribution is 5.49. The number of anilines is 1. The van der Waals surface area contributed by atoms with Crippen LogP contribution in [0.15, 0.2) is 36.4 Å². The first-order valence-corrected chi connectivity index (χ1v) is 8.10. The molecule has 124 valence electrons. The number of hydrogen-bond donors (Lipinski definition) is 1. The average Bonchev–Trinajstić information content (AvgIpc) is 2.54. The molecule has 0 amide bonds. The largest absolute Gasteiger partial charge is 0.493 e. The number of ether oxygens (including phenoxy) is 2. The van der Waals surface area contributed by atoms with Gasteiger partial charge in [-0.05, 0) is 60.7 Å². The summed E-state index contributed by atoms with van der Waals surface area (Å²) in [6.45, 7) is 9.97. The van der Waals surface area contributed by atoms with E-state index in [0.717, 1.165) is 29.3 Å². The maximum absolute atomic E-state index is 5.79. The summed E-state index contributed by atoms with van der Waals surface area (Å²) in [6.07, 6.45) is 0. The van der Waals surface area contributed by atoms with Crippen LogP contribution in [0, 0.1) is 19.8 Å². The van der Waals surface area contributed by atoms with Crippen molar-refractivity contribution in [3.63, 3.8) is 0 Å². The summed E-state index contributed by atoms with van der Waals surface area (Å²) in [6, 6.07) is 12.5. The molecule has 0 unspecified atom stereocenters. The third kappa shape index (κ3) is 4.92. The SMILES string of the molecule is COc1cc(CNc2ccc(C)c(C)c2)ccc1OCC(C)C. The second-order valence-electron chi connectivity index (χ2n) is 6.34. The van der Waals surface area contributed by atoms with Crippen LogP contribution in [0.5, 0.6) is 11.5 Å². The van der Waals surface area contributed by atoms with Gasteiger partial charge in [0.05, 0.1) is 13.7 Å². The van der Waals surface area contributed by atoms with Crippen LogP contribution in [0.2, 0.25) is 0 Å². The Balaban J connectivity index is 2.03. The van der Waals surface area contributed by atoms with E-state index in [9.17, 15) is 0 Å². The Hall–Kier alpha value is -2.16. The molecule has 2 aromatic carbocycles. The highest BCUT2D eigenvalue weighted by atomic mass is 16.5. The van der Waals surface area contributed by atoms with Gasteiger partial charge >= 0.3 is 0 Å². The van der Waals surface area contributed by atoms with Gasteiger partial charge in [-0.3, -0.25) is 0 Å². The minimum atomic E-state index is 0.492. The van der Waals surface area contributed by atoms with Gasteiger partial charge in [0.15, 0.2) is 11.5 Å². The minimum Gasteiger partial charge on any atom is -0.493 e. The summed E-state index contributed by atoms with van der Waals surface area (Å²) in [7, 11) is 1.68. The normalized spacial score (nSPS) is 10.7. The van der Waals surface area contributed by atoms with Crippen molar-refractivity contribution in [2.75, 3.05) is 19.0 Å². The molecule has 0 aliphatic rings. The van der Waals surface area contributed by atoms with Crippen LogP contribution in [0.4, 0.5) is 5.69 Å². The molecule has 0 radical (unpaired) electrons. The molecule has 2 aromatic rings. The van der Waals surface area contributed by atoms with Crippen LogP contribution < -0.4 is 14.8 Å². The van der Waals surface area contributed by atoms with Crippen molar-refractivity contribution in [1.29, 1.82) is 0 Å². The molecule has 0 fully saturated rings. The number of aryl methyl sites for hydroxylation is 2. The monoisotopic (exact) mass is 313 g/mol. The van der Waals surface area contributed by atoms with Gasteiger partial charge in [-0.25, -0.2) is 0 Å². The Labute approximate surface area is 139 Å². The Bertz CT molecular complexity index is 650. The second kappa shape index (κ2) is 7.91. The molecule has 1 N–H and O–H groups in total. The molecule has 0 aliphatic heterocycles. The van der Waals surface area contributed by atoms with Crippen molar-refractivity contribution < 1.29 is 9.47 Å². The van der Waals surface area contributed by atoms with Crippen molar-refractivity contribution in [3.05, 3.63) is 53.1 Å². The number of benzene rings is 2. The summed E-state index contributed by atoms with van der Waals surface area (Å²) in [5.41, 5.74) is 4.90. The van der Waals surface area contributed by atoms with E-state index in [1.807, 2.05) is 12.1 Å². The van der Waals surface area contributed by atoms with E-state index in [-0.39, 0.29) is 0 Å². The summed E-state index contributed by atoms with van der Waals surface area (Å²) >= 11 is 0. The van der Waals surface area contributed by atoms with Crippen LogP contribution >= 0.6 is 0 Å². The zero-order valence-electron chi connectivity index (χ0n) is 14.8. The molecule has 0 atom stereocenters. The Morgan fingerprint density at radius 2 is 1.74 bits per heavy atom. The minimum absolute atomic E-state index is 0.492. The van der Waals surface area contributed by atoms with E-state index in [2.05, 4.69) is 57.3 Å². The quantitative estimate of drug-likeness (QED) is 0.783. The summed E-state index contributed by atoms with van der Waals surface area (Å²) in [5.74, 6) is 2.08. The fraction of sp³-hybridized carbons (Fsp3) is 0.400. The second-order valence-corrected chi connectivity index (χ2v) is 6.34. The molecule has 2 rings (SSSR count). The van der Waals surface area contributed by atoms with Gasteiger partial charge in [-0.15, -0.1) is 0 Å². The first-order chi connectivity index (χ1) is 11.0. The molecule has 0 bridgehead atoms. The maximum Gasteiger partial charge on any atom is 0.161 e.